The highest BCUT2D eigenvalue weighted by atomic mass is 16.5. The first-order valence-corrected chi connectivity index (χ1v) is 8.68. The molecular formula is C19H24O3. The Balaban J connectivity index is 1.44. The van der Waals surface area contributed by atoms with Gasteiger partial charge in [0.1, 0.15) is 5.75 Å². The van der Waals surface area contributed by atoms with E-state index in [2.05, 4.69) is 12.1 Å². The number of rotatable bonds is 4. The van der Waals surface area contributed by atoms with Crippen LogP contribution < -0.4 is 4.74 Å². The molecule has 3 aliphatic rings. The number of aryl methyl sites for hydroxylation is 1. The van der Waals surface area contributed by atoms with Gasteiger partial charge in [-0.15, -0.1) is 0 Å². The molecule has 3 nitrogen and oxygen atoms in total. The fraction of sp³-hybridized carbons (Fsp3) is 0.632. The molecule has 118 valence electrons. The molecule has 3 aliphatic carbocycles. The number of carboxylic acid groups (broad SMARTS) is 1. The van der Waals surface area contributed by atoms with Crippen LogP contribution in [0.25, 0.3) is 0 Å². The van der Waals surface area contributed by atoms with Crippen molar-refractivity contribution in [3.05, 3.63) is 29.3 Å². The van der Waals surface area contributed by atoms with E-state index in [0.29, 0.717) is 5.92 Å². The minimum atomic E-state index is -0.634. The Kier molecular flexibility index (Phi) is 3.39. The van der Waals surface area contributed by atoms with E-state index < -0.39 is 5.97 Å². The number of ether oxygens (including phenoxy) is 1. The number of carbonyl (C=O) groups is 1. The van der Waals surface area contributed by atoms with Gasteiger partial charge in [0.15, 0.2) is 0 Å². The summed E-state index contributed by atoms with van der Waals surface area (Å²) in [6, 6.07) is 6.33. The van der Waals surface area contributed by atoms with Crippen LogP contribution in [0.15, 0.2) is 18.2 Å². The van der Waals surface area contributed by atoms with Crippen molar-refractivity contribution in [3.8, 4) is 5.75 Å². The van der Waals surface area contributed by atoms with Crippen LogP contribution in [0.2, 0.25) is 0 Å². The lowest BCUT2D eigenvalue weighted by Gasteiger charge is -2.22. The monoisotopic (exact) mass is 300 g/mol. The summed E-state index contributed by atoms with van der Waals surface area (Å²) in [5, 5.41) is 9.26. The summed E-state index contributed by atoms with van der Waals surface area (Å²) in [5.41, 5.74) is 2.53. The summed E-state index contributed by atoms with van der Waals surface area (Å²) in [4.78, 5) is 11.3. The van der Waals surface area contributed by atoms with Crippen LogP contribution in [0.3, 0.4) is 0 Å². The van der Waals surface area contributed by atoms with E-state index in [1.165, 1.54) is 43.2 Å². The Hall–Kier alpha value is -1.51. The molecule has 0 saturated heterocycles. The quantitative estimate of drug-likeness (QED) is 0.916. The van der Waals surface area contributed by atoms with Crippen LogP contribution in [-0.4, -0.2) is 17.7 Å². The number of aliphatic carboxylic acids is 1. The van der Waals surface area contributed by atoms with E-state index in [-0.39, 0.29) is 11.3 Å². The van der Waals surface area contributed by atoms with Gasteiger partial charge in [-0.05, 0) is 61.3 Å². The first kappa shape index (κ1) is 14.1. The van der Waals surface area contributed by atoms with Gasteiger partial charge in [-0.2, -0.15) is 0 Å². The van der Waals surface area contributed by atoms with Gasteiger partial charge >= 0.3 is 5.97 Å². The summed E-state index contributed by atoms with van der Waals surface area (Å²) in [6.45, 7) is 0.835. The summed E-state index contributed by atoms with van der Waals surface area (Å²) in [5.74, 6) is 0.885. The molecule has 1 aromatic rings. The third-order valence-electron chi connectivity index (χ3n) is 6.04. The Bertz CT molecular complexity index is 588. The number of carboxylic acids is 1. The Morgan fingerprint density at radius 2 is 2.09 bits per heavy atom. The molecule has 1 N–H and O–H groups in total. The highest BCUT2D eigenvalue weighted by Gasteiger charge is 2.61. The smallest absolute Gasteiger partial charge is 0.307 e. The fourth-order valence-corrected chi connectivity index (χ4v) is 4.62. The van der Waals surface area contributed by atoms with Crippen molar-refractivity contribution in [1.82, 2.24) is 0 Å². The molecule has 2 saturated carbocycles. The van der Waals surface area contributed by atoms with Crippen molar-refractivity contribution < 1.29 is 14.6 Å². The van der Waals surface area contributed by atoms with Crippen LogP contribution in [0.4, 0.5) is 0 Å². The summed E-state index contributed by atoms with van der Waals surface area (Å²) in [6.07, 6.45) is 9.47. The lowest BCUT2D eigenvalue weighted by atomic mass is 9.90. The molecule has 0 aromatic heterocycles. The van der Waals surface area contributed by atoms with Gasteiger partial charge in [-0.25, -0.2) is 0 Å². The lowest BCUT2D eigenvalue weighted by Crippen LogP contribution is -2.15. The molecule has 2 fully saturated rings. The topological polar surface area (TPSA) is 46.5 Å². The predicted octanol–water partition coefficient (Wildman–Crippen LogP) is 3.93. The van der Waals surface area contributed by atoms with E-state index in [1.807, 2.05) is 6.07 Å². The van der Waals surface area contributed by atoms with Crippen molar-refractivity contribution in [2.75, 3.05) is 6.61 Å². The molecule has 2 atom stereocenters. The highest BCUT2D eigenvalue weighted by Crippen LogP contribution is 2.61. The van der Waals surface area contributed by atoms with Crippen molar-refractivity contribution in [2.24, 2.45) is 11.8 Å². The maximum atomic E-state index is 11.3. The van der Waals surface area contributed by atoms with E-state index in [9.17, 15) is 9.90 Å². The van der Waals surface area contributed by atoms with E-state index in [0.717, 1.165) is 31.6 Å². The molecule has 0 aliphatic heterocycles. The number of benzene rings is 1. The highest BCUT2D eigenvalue weighted by molar-refractivity contribution is 5.78. The minimum Gasteiger partial charge on any atom is -0.493 e. The zero-order valence-corrected chi connectivity index (χ0v) is 13.0. The first-order chi connectivity index (χ1) is 10.7. The number of hydrogen-bond acceptors (Lipinski definition) is 2. The second-order valence-electron chi connectivity index (χ2n) is 7.39. The van der Waals surface area contributed by atoms with Gasteiger partial charge < -0.3 is 9.84 Å². The average molecular weight is 300 g/mol. The van der Waals surface area contributed by atoms with Crippen LogP contribution in [-0.2, 0) is 16.6 Å². The van der Waals surface area contributed by atoms with Crippen LogP contribution in [0, 0.1) is 11.8 Å². The zero-order chi connectivity index (χ0) is 15.2. The first-order valence-electron chi connectivity index (χ1n) is 8.68. The second-order valence-corrected chi connectivity index (χ2v) is 7.39. The predicted molar refractivity (Wildman–Crippen MR) is 84.3 cm³/mol. The molecule has 1 aromatic carbocycles. The Labute approximate surface area is 131 Å². The van der Waals surface area contributed by atoms with Crippen LogP contribution >= 0.6 is 0 Å². The molecule has 0 unspecified atom stereocenters. The van der Waals surface area contributed by atoms with Crippen molar-refractivity contribution in [3.63, 3.8) is 0 Å². The molecule has 1 spiro atoms. The fourth-order valence-electron chi connectivity index (χ4n) is 4.62. The van der Waals surface area contributed by atoms with E-state index in [4.69, 9.17) is 4.74 Å². The Morgan fingerprint density at radius 3 is 2.82 bits per heavy atom. The van der Waals surface area contributed by atoms with Crippen LogP contribution in [0.5, 0.6) is 5.75 Å². The minimum absolute atomic E-state index is 0.0525. The van der Waals surface area contributed by atoms with Gasteiger partial charge in [-0.3, -0.25) is 4.79 Å². The standard InChI is InChI=1S/C19H24O3/c20-18(21)17-11-19(17)9-8-14-10-15(6-7-16(14)19)22-12-13-4-2-1-3-5-13/h6-7,10,13,17H,1-5,8-9,11-12H2,(H,20,21)/t17-,19-/m0/s1. The molecule has 0 heterocycles. The normalized spacial score (nSPS) is 30.3. The summed E-state index contributed by atoms with van der Waals surface area (Å²) >= 11 is 0. The molecular weight excluding hydrogens is 276 g/mol. The third-order valence-corrected chi connectivity index (χ3v) is 6.04. The van der Waals surface area contributed by atoms with Crippen molar-refractivity contribution in [2.45, 2.75) is 56.8 Å². The summed E-state index contributed by atoms with van der Waals surface area (Å²) in [7, 11) is 0. The second kappa shape index (κ2) is 5.29. The van der Waals surface area contributed by atoms with E-state index in [1.54, 1.807) is 0 Å². The largest absolute Gasteiger partial charge is 0.493 e. The molecule has 0 radical (unpaired) electrons. The molecule has 3 heteroatoms. The maximum Gasteiger partial charge on any atom is 0.307 e. The van der Waals surface area contributed by atoms with Crippen molar-refractivity contribution >= 4 is 5.97 Å². The van der Waals surface area contributed by atoms with Crippen LogP contribution in [0.1, 0.15) is 56.1 Å². The molecule has 0 amide bonds. The zero-order valence-electron chi connectivity index (χ0n) is 13.0. The SMILES string of the molecule is O=C(O)[C@@H]1C[C@]12CCc1cc(OCC3CCCCC3)ccc12. The third kappa shape index (κ3) is 2.31. The Morgan fingerprint density at radius 1 is 1.27 bits per heavy atom. The van der Waals surface area contributed by atoms with Gasteiger partial charge in [0.2, 0.25) is 0 Å². The van der Waals surface area contributed by atoms with E-state index >= 15 is 0 Å². The van der Waals surface area contributed by atoms with Gasteiger partial charge in [0.05, 0.1) is 12.5 Å². The molecule has 22 heavy (non-hydrogen) atoms. The van der Waals surface area contributed by atoms with Gasteiger partial charge in [0, 0.05) is 5.41 Å². The average Bonchev–Trinajstić information content (AvgIpc) is 3.17. The van der Waals surface area contributed by atoms with Gasteiger partial charge in [-0.1, -0.05) is 25.3 Å². The maximum absolute atomic E-state index is 11.3. The van der Waals surface area contributed by atoms with Crippen molar-refractivity contribution in [1.29, 1.82) is 0 Å². The number of hydrogen-bond donors (Lipinski definition) is 1. The summed E-state index contributed by atoms with van der Waals surface area (Å²) < 4.78 is 6.02. The van der Waals surface area contributed by atoms with Gasteiger partial charge in [0.25, 0.3) is 0 Å². The molecule has 0 bridgehead atoms. The number of fused-ring (bicyclic) bond motifs is 2. The molecule has 4 rings (SSSR count). The lowest BCUT2D eigenvalue weighted by molar-refractivity contribution is -0.139.